The smallest absolute Gasteiger partial charge is 0.00104 e. The van der Waals surface area contributed by atoms with Crippen molar-refractivity contribution < 1.29 is 0 Å². The summed E-state index contributed by atoms with van der Waals surface area (Å²) in [6, 6.07) is 0.638. The first-order valence-electron chi connectivity index (χ1n) is 9.70. The largest absolute Gasteiger partial charge is 0.314 e. The lowest BCUT2D eigenvalue weighted by molar-refractivity contribution is 0.0670. The Morgan fingerprint density at radius 3 is 2.33 bits per heavy atom. The van der Waals surface area contributed by atoms with Crippen LogP contribution >= 0.6 is 0 Å². The second-order valence-corrected chi connectivity index (χ2v) is 8.84. The molecule has 1 N–H and O–H groups in total. The lowest BCUT2D eigenvalue weighted by Crippen LogP contribution is -2.40. The third-order valence-electron chi connectivity index (χ3n) is 6.40. The molecule has 5 unspecified atom stereocenters. The molecule has 0 aromatic rings. The Labute approximate surface area is 133 Å². The summed E-state index contributed by atoms with van der Waals surface area (Å²) in [7, 11) is 0. The van der Waals surface area contributed by atoms with E-state index in [1.54, 1.807) is 0 Å². The highest BCUT2D eigenvalue weighted by Crippen LogP contribution is 2.46. The van der Waals surface area contributed by atoms with Gasteiger partial charge in [-0.15, -0.1) is 0 Å². The molecule has 0 aromatic carbocycles. The van der Waals surface area contributed by atoms with Crippen LogP contribution in [0.2, 0.25) is 0 Å². The molecule has 1 heteroatoms. The Kier molecular flexibility index (Phi) is 6.59. The Morgan fingerprint density at radius 1 is 0.952 bits per heavy atom. The lowest BCUT2D eigenvalue weighted by atomic mass is 9.62. The summed E-state index contributed by atoms with van der Waals surface area (Å²) in [6.07, 6.45) is 10.4. The molecule has 2 fully saturated rings. The first-order valence-corrected chi connectivity index (χ1v) is 9.70. The van der Waals surface area contributed by atoms with Crippen molar-refractivity contribution in [2.24, 2.45) is 35.5 Å². The first-order chi connectivity index (χ1) is 9.97. The van der Waals surface area contributed by atoms with E-state index in [0.717, 1.165) is 35.5 Å². The minimum absolute atomic E-state index is 0.638. The van der Waals surface area contributed by atoms with E-state index in [0.29, 0.717) is 6.04 Å². The molecule has 21 heavy (non-hydrogen) atoms. The molecule has 0 radical (unpaired) electrons. The highest BCUT2D eigenvalue weighted by molar-refractivity contribution is 4.88. The normalized spacial score (nSPS) is 38.1. The van der Waals surface area contributed by atoms with Gasteiger partial charge in [0, 0.05) is 6.04 Å². The highest BCUT2D eigenvalue weighted by Gasteiger charge is 2.37. The molecule has 5 atom stereocenters. The number of hydrogen-bond donors (Lipinski definition) is 1. The van der Waals surface area contributed by atoms with E-state index in [4.69, 9.17) is 0 Å². The Morgan fingerprint density at radius 2 is 1.71 bits per heavy atom. The van der Waals surface area contributed by atoms with Gasteiger partial charge in [0.05, 0.1) is 0 Å². The number of nitrogens with one attached hydrogen (secondary N) is 1. The van der Waals surface area contributed by atoms with Crippen LogP contribution < -0.4 is 5.32 Å². The van der Waals surface area contributed by atoms with Gasteiger partial charge in [0.1, 0.15) is 0 Å². The second-order valence-electron chi connectivity index (χ2n) is 8.84. The lowest BCUT2D eigenvalue weighted by Gasteiger charge is -2.44. The van der Waals surface area contributed by atoms with Crippen LogP contribution in [0.1, 0.15) is 79.6 Å². The van der Waals surface area contributed by atoms with Gasteiger partial charge in [-0.3, -0.25) is 0 Å². The average molecular weight is 294 g/mol. The van der Waals surface area contributed by atoms with Crippen LogP contribution in [0.3, 0.4) is 0 Å². The maximum Gasteiger partial charge on any atom is 0.00104 e. The van der Waals surface area contributed by atoms with Crippen molar-refractivity contribution in [2.45, 2.75) is 85.6 Å². The predicted octanol–water partition coefficient (Wildman–Crippen LogP) is 5.50. The van der Waals surface area contributed by atoms with Crippen molar-refractivity contribution in [3.8, 4) is 0 Å². The molecular formula is C20H39N. The van der Waals surface area contributed by atoms with Gasteiger partial charge in [0.25, 0.3) is 0 Å². The predicted molar refractivity (Wildman–Crippen MR) is 93.4 cm³/mol. The van der Waals surface area contributed by atoms with Crippen molar-refractivity contribution in [2.75, 3.05) is 6.54 Å². The van der Waals surface area contributed by atoms with Gasteiger partial charge >= 0.3 is 0 Å². The zero-order valence-corrected chi connectivity index (χ0v) is 15.2. The molecule has 1 nitrogen and oxygen atoms in total. The van der Waals surface area contributed by atoms with Crippen LogP contribution in [0.5, 0.6) is 0 Å². The minimum atomic E-state index is 0.638. The van der Waals surface area contributed by atoms with Crippen LogP contribution in [0.4, 0.5) is 0 Å². The van der Waals surface area contributed by atoms with Gasteiger partial charge in [-0.05, 0) is 67.7 Å². The van der Waals surface area contributed by atoms with Crippen molar-refractivity contribution >= 4 is 0 Å². The first kappa shape index (κ1) is 17.3. The quantitative estimate of drug-likeness (QED) is 0.706. The molecule has 2 rings (SSSR count). The van der Waals surface area contributed by atoms with Gasteiger partial charge in [-0.2, -0.15) is 0 Å². The van der Waals surface area contributed by atoms with Crippen molar-refractivity contribution in [1.29, 1.82) is 0 Å². The van der Waals surface area contributed by atoms with Gasteiger partial charge in [-0.1, -0.05) is 53.9 Å². The molecule has 0 heterocycles. The zero-order chi connectivity index (χ0) is 15.4. The summed E-state index contributed by atoms with van der Waals surface area (Å²) in [6.45, 7) is 13.2. The van der Waals surface area contributed by atoms with Crippen LogP contribution in [-0.2, 0) is 0 Å². The fourth-order valence-electron chi connectivity index (χ4n) is 5.00. The van der Waals surface area contributed by atoms with E-state index in [-0.39, 0.29) is 0 Å². The van der Waals surface area contributed by atoms with Gasteiger partial charge in [-0.25, -0.2) is 0 Å². The summed E-state index contributed by atoms with van der Waals surface area (Å²) < 4.78 is 0. The topological polar surface area (TPSA) is 12.0 Å². The SMILES string of the molecule is CC1CCCC(C2CC(C(C)C)CCC2CNC(C)C)C1. The Hall–Kier alpha value is -0.0400. The number of rotatable bonds is 5. The van der Waals surface area contributed by atoms with Crippen molar-refractivity contribution in [3.63, 3.8) is 0 Å². The summed E-state index contributed by atoms with van der Waals surface area (Å²) >= 11 is 0. The summed E-state index contributed by atoms with van der Waals surface area (Å²) in [5, 5.41) is 3.74. The number of hydrogen-bond acceptors (Lipinski definition) is 1. The third-order valence-corrected chi connectivity index (χ3v) is 6.40. The van der Waals surface area contributed by atoms with Gasteiger partial charge < -0.3 is 5.32 Å². The van der Waals surface area contributed by atoms with E-state index < -0.39 is 0 Å². The molecule has 0 aliphatic heterocycles. The fourth-order valence-corrected chi connectivity index (χ4v) is 5.00. The van der Waals surface area contributed by atoms with Crippen molar-refractivity contribution in [1.82, 2.24) is 5.32 Å². The molecule has 0 saturated heterocycles. The molecular weight excluding hydrogens is 254 g/mol. The van der Waals surface area contributed by atoms with E-state index in [9.17, 15) is 0 Å². The second kappa shape index (κ2) is 7.99. The molecule has 2 aliphatic carbocycles. The van der Waals surface area contributed by atoms with Gasteiger partial charge in [0.2, 0.25) is 0 Å². The summed E-state index contributed by atoms with van der Waals surface area (Å²) in [4.78, 5) is 0. The maximum atomic E-state index is 3.74. The van der Waals surface area contributed by atoms with Crippen LogP contribution in [0.15, 0.2) is 0 Å². The van der Waals surface area contributed by atoms with Crippen LogP contribution in [0.25, 0.3) is 0 Å². The molecule has 0 amide bonds. The summed E-state index contributed by atoms with van der Waals surface area (Å²) in [5.41, 5.74) is 0. The molecule has 2 aliphatic rings. The van der Waals surface area contributed by atoms with E-state index in [2.05, 4.69) is 39.9 Å². The van der Waals surface area contributed by atoms with E-state index >= 15 is 0 Å². The summed E-state index contributed by atoms with van der Waals surface area (Å²) in [5.74, 6) is 5.81. The molecule has 2 saturated carbocycles. The van der Waals surface area contributed by atoms with Crippen molar-refractivity contribution in [3.05, 3.63) is 0 Å². The maximum absolute atomic E-state index is 3.74. The third kappa shape index (κ3) is 4.98. The molecule has 0 spiro atoms. The Bertz CT molecular complexity index is 296. The average Bonchev–Trinajstić information content (AvgIpc) is 2.44. The van der Waals surface area contributed by atoms with E-state index in [1.165, 1.54) is 51.5 Å². The van der Waals surface area contributed by atoms with Crippen LogP contribution in [0, 0.1) is 35.5 Å². The molecule has 124 valence electrons. The zero-order valence-electron chi connectivity index (χ0n) is 15.2. The van der Waals surface area contributed by atoms with E-state index in [1.807, 2.05) is 0 Å². The minimum Gasteiger partial charge on any atom is -0.314 e. The highest BCUT2D eigenvalue weighted by atomic mass is 14.9. The Balaban J connectivity index is 2.00. The fraction of sp³-hybridized carbons (Fsp3) is 1.00. The monoisotopic (exact) mass is 293 g/mol. The molecule has 0 bridgehead atoms. The molecule has 0 aromatic heterocycles. The van der Waals surface area contributed by atoms with Gasteiger partial charge in [0.15, 0.2) is 0 Å². The standard InChI is InChI=1S/C20H39N/c1-14(2)17-9-10-19(13-21-15(3)4)20(12-17)18-8-6-7-16(5)11-18/h14-21H,6-13H2,1-5H3. The van der Waals surface area contributed by atoms with Crippen LogP contribution in [-0.4, -0.2) is 12.6 Å².